The van der Waals surface area contributed by atoms with Gasteiger partial charge in [-0.3, -0.25) is 14.5 Å². The highest BCUT2D eigenvalue weighted by atomic mass is 16.5. The Hall–Kier alpha value is -2.18. The molecule has 30 heavy (non-hydrogen) atoms. The van der Waals surface area contributed by atoms with Gasteiger partial charge >= 0.3 is 0 Å². The van der Waals surface area contributed by atoms with Crippen LogP contribution in [0.3, 0.4) is 0 Å². The van der Waals surface area contributed by atoms with Crippen molar-refractivity contribution in [2.75, 3.05) is 26.2 Å². The molecule has 0 radical (unpaired) electrons. The van der Waals surface area contributed by atoms with Crippen LogP contribution in [0.5, 0.6) is 0 Å². The molecule has 0 N–H and O–H groups in total. The number of nitrogens with zero attached hydrogens (tertiary/aromatic N) is 2. The highest BCUT2D eigenvalue weighted by Crippen LogP contribution is 2.35. The van der Waals surface area contributed by atoms with E-state index in [2.05, 4.69) is 6.07 Å². The molecule has 2 amide bonds. The van der Waals surface area contributed by atoms with Crippen molar-refractivity contribution in [2.45, 2.75) is 66.3 Å². The largest absolute Gasteiger partial charge is 0.379 e. The number of hydrogen-bond donors (Lipinski definition) is 0. The fourth-order valence-corrected chi connectivity index (χ4v) is 4.30. The van der Waals surface area contributed by atoms with Crippen molar-refractivity contribution >= 4 is 17.4 Å². The lowest BCUT2D eigenvalue weighted by Crippen LogP contribution is -2.47. The summed E-state index contributed by atoms with van der Waals surface area (Å²) in [5.41, 5.74) is 4.00. The number of carbonyl (C=O) groups excluding carboxylic acids is 2. The highest BCUT2D eigenvalue weighted by Gasteiger charge is 2.43. The highest BCUT2D eigenvalue weighted by molar-refractivity contribution is 6.35. The van der Waals surface area contributed by atoms with Crippen molar-refractivity contribution in [3.05, 3.63) is 40.6 Å². The lowest BCUT2D eigenvalue weighted by molar-refractivity contribution is -0.138. The molecule has 3 rings (SSSR count). The van der Waals surface area contributed by atoms with Gasteiger partial charge in [-0.1, -0.05) is 23.8 Å². The summed E-state index contributed by atoms with van der Waals surface area (Å²) in [6.07, 6.45) is 0.751. The van der Waals surface area contributed by atoms with Gasteiger partial charge in [0.2, 0.25) is 0 Å². The minimum absolute atomic E-state index is 0.00184. The number of carbonyl (C=O) groups is 2. The maximum Gasteiger partial charge on any atom is 0.277 e. The van der Waals surface area contributed by atoms with Gasteiger partial charge in [0.1, 0.15) is 5.70 Å². The van der Waals surface area contributed by atoms with Crippen molar-refractivity contribution in [2.24, 2.45) is 0 Å². The van der Waals surface area contributed by atoms with E-state index in [1.807, 2.05) is 58.6 Å². The zero-order chi connectivity index (χ0) is 22.0. The van der Waals surface area contributed by atoms with Crippen LogP contribution in [-0.4, -0.2) is 66.2 Å². The van der Waals surface area contributed by atoms with E-state index < -0.39 is 0 Å². The minimum atomic E-state index is -0.210. The first kappa shape index (κ1) is 22.5. The molecule has 0 spiro atoms. The van der Waals surface area contributed by atoms with Crippen molar-refractivity contribution in [1.29, 1.82) is 0 Å². The molecule has 1 aromatic rings. The van der Waals surface area contributed by atoms with Crippen molar-refractivity contribution < 1.29 is 19.1 Å². The van der Waals surface area contributed by atoms with Crippen LogP contribution >= 0.6 is 0 Å². The lowest BCUT2D eigenvalue weighted by atomic mass is 9.97. The number of benzene rings is 1. The molecule has 164 valence electrons. The Balaban J connectivity index is 1.96. The second-order valence-corrected chi connectivity index (χ2v) is 8.74. The van der Waals surface area contributed by atoms with E-state index in [4.69, 9.17) is 9.47 Å². The molecular weight excluding hydrogens is 380 g/mol. The second kappa shape index (κ2) is 9.31. The first-order chi connectivity index (χ1) is 14.2. The molecule has 6 nitrogen and oxygen atoms in total. The molecule has 1 saturated heterocycles. The maximum absolute atomic E-state index is 13.4. The van der Waals surface area contributed by atoms with E-state index in [9.17, 15) is 9.59 Å². The number of rotatable bonds is 7. The molecule has 2 atom stereocenters. The summed E-state index contributed by atoms with van der Waals surface area (Å²) >= 11 is 0. The summed E-state index contributed by atoms with van der Waals surface area (Å²) in [6.45, 7) is 14.1. The number of ether oxygens (including phenoxy) is 2. The van der Waals surface area contributed by atoms with Crippen LogP contribution in [0.25, 0.3) is 5.57 Å². The first-order valence-corrected chi connectivity index (χ1v) is 10.9. The number of hydrogen-bond acceptors (Lipinski definition) is 5. The fraction of sp³-hybridized carbons (Fsp3) is 0.583. The summed E-state index contributed by atoms with van der Waals surface area (Å²) in [5, 5.41) is 0. The third-order valence-corrected chi connectivity index (χ3v) is 5.51. The summed E-state index contributed by atoms with van der Waals surface area (Å²) in [4.78, 5) is 30.3. The number of imide groups is 1. The van der Waals surface area contributed by atoms with Crippen LogP contribution in [0.2, 0.25) is 0 Å². The topological polar surface area (TPSA) is 59.1 Å². The van der Waals surface area contributed by atoms with Crippen LogP contribution in [0.15, 0.2) is 23.9 Å². The van der Waals surface area contributed by atoms with Crippen LogP contribution < -0.4 is 0 Å². The molecule has 0 saturated carbocycles. The molecule has 2 unspecified atom stereocenters. The predicted octanol–water partition coefficient (Wildman–Crippen LogP) is 3.31. The molecule has 1 fully saturated rings. The quantitative estimate of drug-likeness (QED) is 0.506. The van der Waals surface area contributed by atoms with Crippen molar-refractivity contribution in [1.82, 2.24) is 9.80 Å². The standard InChI is InChI=1S/C24H34N2O4/c1-15(2)29-11-7-10-26-23(27)21(20-9-8-16(3)12-17(20)4)22(24(26)28)25-13-18(5)30-19(6)14-25/h8-9,12,15,18-19H,7,10-11,13-14H2,1-6H3. The Kier molecular flexibility index (Phi) is 6.98. The Morgan fingerprint density at radius 1 is 1.10 bits per heavy atom. The number of aryl methyl sites for hydroxylation is 2. The van der Waals surface area contributed by atoms with E-state index in [0.717, 1.165) is 16.7 Å². The molecule has 0 bridgehead atoms. The Bertz CT molecular complexity index is 836. The normalized spacial score (nSPS) is 22.6. The van der Waals surface area contributed by atoms with Gasteiger partial charge in [0, 0.05) is 26.2 Å². The number of morpholine rings is 1. The summed E-state index contributed by atoms with van der Waals surface area (Å²) < 4.78 is 11.5. The Labute approximate surface area is 179 Å². The molecule has 1 aromatic carbocycles. The van der Waals surface area contributed by atoms with Crippen LogP contribution in [0.4, 0.5) is 0 Å². The summed E-state index contributed by atoms with van der Waals surface area (Å²) in [5.74, 6) is -0.417. The van der Waals surface area contributed by atoms with Crippen LogP contribution in [0.1, 0.15) is 50.8 Å². The van der Waals surface area contributed by atoms with Crippen LogP contribution in [0, 0.1) is 13.8 Å². The van der Waals surface area contributed by atoms with Gasteiger partial charge in [0.15, 0.2) is 0 Å². The molecule has 2 aliphatic rings. The van der Waals surface area contributed by atoms with E-state index in [1.54, 1.807) is 0 Å². The molecule has 2 heterocycles. The SMILES string of the molecule is Cc1ccc(C2=C(N3CC(C)OC(C)C3)C(=O)N(CCCOC(C)C)C2=O)c(C)c1. The van der Waals surface area contributed by atoms with E-state index in [0.29, 0.717) is 43.9 Å². The summed E-state index contributed by atoms with van der Waals surface area (Å²) in [6, 6.07) is 6.01. The monoisotopic (exact) mass is 414 g/mol. The van der Waals surface area contributed by atoms with Gasteiger partial charge in [-0.25, -0.2) is 0 Å². The molecular formula is C24H34N2O4. The predicted molar refractivity (Wildman–Crippen MR) is 117 cm³/mol. The Morgan fingerprint density at radius 3 is 2.37 bits per heavy atom. The smallest absolute Gasteiger partial charge is 0.277 e. The fourth-order valence-electron chi connectivity index (χ4n) is 4.30. The average Bonchev–Trinajstić information content (AvgIpc) is 2.88. The molecule has 6 heteroatoms. The molecule has 2 aliphatic heterocycles. The van der Waals surface area contributed by atoms with Crippen molar-refractivity contribution in [3.8, 4) is 0 Å². The molecule has 0 aliphatic carbocycles. The average molecular weight is 415 g/mol. The second-order valence-electron chi connectivity index (χ2n) is 8.74. The van der Waals surface area contributed by atoms with E-state index >= 15 is 0 Å². The van der Waals surface area contributed by atoms with Gasteiger partial charge in [-0.05, 0) is 59.1 Å². The summed E-state index contributed by atoms with van der Waals surface area (Å²) in [7, 11) is 0. The van der Waals surface area contributed by atoms with Gasteiger partial charge in [-0.15, -0.1) is 0 Å². The zero-order valence-corrected chi connectivity index (χ0v) is 19.0. The molecule has 0 aromatic heterocycles. The van der Waals surface area contributed by atoms with Crippen LogP contribution in [-0.2, 0) is 19.1 Å². The van der Waals surface area contributed by atoms with Gasteiger partial charge in [-0.2, -0.15) is 0 Å². The Morgan fingerprint density at radius 2 is 1.77 bits per heavy atom. The third kappa shape index (κ3) is 4.76. The maximum atomic E-state index is 13.4. The lowest BCUT2D eigenvalue weighted by Gasteiger charge is -2.37. The van der Waals surface area contributed by atoms with E-state index in [1.165, 1.54) is 4.90 Å². The zero-order valence-electron chi connectivity index (χ0n) is 19.0. The van der Waals surface area contributed by atoms with E-state index in [-0.39, 0.29) is 30.1 Å². The minimum Gasteiger partial charge on any atom is -0.379 e. The van der Waals surface area contributed by atoms with Gasteiger partial charge in [0.25, 0.3) is 11.8 Å². The van der Waals surface area contributed by atoms with Crippen molar-refractivity contribution in [3.63, 3.8) is 0 Å². The third-order valence-electron chi connectivity index (χ3n) is 5.51. The number of amides is 2. The van der Waals surface area contributed by atoms with Gasteiger partial charge < -0.3 is 14.4 Å². The first-order valence-electron chi connectivity index (χ1n) is 10.9. The van der Waals surface area contributed by atoms with Gasteiger partial charge in [0.05, 0.1) is 23.9 Å².